The lowest BCUT2D eigenvalue weighted by Crippen LogP contribution is -2.43. The number of morpholine rings is 1. The predicted octanol–water partition coefficient (Wildman–Crippen LogP) is 0.665. The summed E-state index contributed by atoms with van der Waals surface area (Å²) in [5, 5.41) is 11.1. The fourth-order valence-electron chi connectivity index (χ4n) is 2.52. The lowest BCUT2D eigenvalue weighted by Gasteiger charge is -2.34. The number of carbonyl (C=O) groups excluding carboxylic acids is 1. The van der Waals surface area contributed by atoms with Gasteiger partial charge in [-0.15, -0.1) is 0 Å². The molecule has 1 aliphatic heterocycles. The van der Waals surface area contributed by atoms with E-state index < -0.39 is 0 Å². The molecular weight excluding hydrogens is 258 g/mol. The zero-order chi connectivity index (χ0) is 14.1. The van der Waals surface area contributed by atoms with Gasteiger partial charge in [-0.1, -0.05) is 0 Å². The maximum Gasteiger partial charge on any atom is 0.258 e. The molecule has 0 aliphatic carbocycles. The molecule has 1 aliphatic rings. The van der Waals surface area contributed by atoms with E-state index >= 15 is 0 Å². The second-order valence-electron chi connectivity index (χ2n) is 4.90. The third-order valence-corrected chi connectivity index (χ3v) is 3.51. The number of rotatable bonds is 2. The van der Waals surface area contributed by atoms with Crippen LogP contribution < -0.4 is 0 Å². The fraction of sp³-hybridized carbons (Fsp3) is 0.462. The minimum atomic E-state index is -0.127. The minimum Gasteiger partial charge on any atom is -0.377 e. The Labute approximate surface area is 116 Å². The van der Waals surface area contributed by atoms with Crippen molar-refractivity contribution in [3.05, 3.63) is 35.4 Å². The highest BCUT2D eigenvalue weighted by Crippen LogP contribution is 2.24. The molecule has 1 saturated heterocycles. The number of aromatic nitrogens is 4. The standard InChI is InChI=1S/C13H17N5O2/c1-9-10(7-17(2)16-9)13(19)18-5-6-20-8-12(18)11-3-4-14-15-11/h3-4,7,12H,5-6,8H2,1-2H3,(H,14,15)/t12-/m1/s1. The topological polar surface area (TPSA) is 76.0 Å². The number of nitrogens with one attached hydrogen (secondary N) is 1. The average Bonchev–Trinajstić information content (AvgIpc) is 3.07. The van der Waals surface area contributed by atoms with Crippen LogP contribution in [0.3, 0.4) is 0 Å². The highest BCUT2D eigenvalue weighted by molar-refractivity contribution is 5.95. The van der Waals surface area contributed by atoms with Crippen molar-refractivity contribution >= 4 is 5.91 Å². The number of aryl methyl sites for hydroxylation is 2. The van der Waals surface area contributed by atoms with Gasteiger partial charge in [0.2, 0.25) is 0 Å². The molecule has 7 nitrogen and oxygen atoms in total. The second-order valence-corrected chi connectivity index (χ2v) is 4.90. The summed E-state index contributed by atoms with van der Waals surface area (Å²) in [6, 6.07) is 1.74. The van der Waals surface area contributed by atoms with Gasteiger partial charge in [0.25, 0.3) is 5.91 Å². The van der Waals surface area contributed by atoms with E-state index in [1.165, 1.54) is 0 Å². The first kappa shape index (κ1) is 12.9. The SMILES string of the molecule is Cc1nn(C)cc1C(=O)N1CCOC[C@@H]1c1ccn[nH]1. The Hall–Kier alpha value is -2.15. The maximum atomic E-state index is 12.7. The van der Waals surface area contributed by atoms with Crippen molar-refractivity contribution < 1.29 is 9.53 Å². The van der Waals surface area contributed by atoms with Crippen molar-refractivity contribution in [2.24, 2.45) is 7.05 Å². The summed E-state index contributed by atoms with van der Waals surface area (Å²) in [5.41, 5.74) is 2.27. The molecule has 3 heterocycles. The summed E-state index contributed by atoms with van der Waals surface area (Å²) in [6.45, 7) is 3.44. The molecule has 0 bridgehead atoms. The Bertz CT molecular complexity index is 604. The fourth-order valence-corrected chi connectivity index (χ4v) is 2.52. The van der Waals surface area contributed by atoms with Gasteiger partial charge in [-0.05, 0) is 13.0 Å². The molecule has 0 spiro atoms. The van der Waals surface area contributed by atoms with Gasteiger partial charge in [-0.25, -0.2) is 0 Å². The van der Waals surface area contributed by atoms with E-state index in [9.17, 15) is 4.79 Å². The Kier molecular flexibility index (Phi) is 3.27. The van der Waals surface area contributed by atoms with Gasteiger partial charge in [0.1, 0.15) is 0 Å². The quantitative estimate of drug-likeness (QED) is 0.873. The highest BCUT2D eigenvalue weighted by Gasteiger charge is 2.31. The van der Waals surface area contributed by atoms with Crippen LogP contribution >= 0.6 is 0 Å². The number of amides is 1. The van der Waals surface area contributed by atoms with Crippen molar-refractivity contribution in [2.45, 2.75) is 13.0 Å². The van der Waals surface area contributed by atoms with Crippen LogP contribution in [0.1, 0.15) is 27.8 Å². The summed E-state index contributed by atoms with van der Waals surface area (Å²) in [6.07, 6.45) is 3.44. The Morgan fingerprint density at radius 2 is 2.40 bits per heavy atom. The zero-order valence-corrected chi connectivity index (χ0v) is 11.5. The molecule has 2 aromatic heterocycles. The number of hydrogen-bond donors (Lipinski definition) is 1. The first-order valence-electron chi connectivity index (χ1n) is 6.55. The average molecular weight is 275 g/mol. The molecule has 20 heavy (non-hydrogen) atoms. The van der Waals surface area contributed by atoms with E-state index in [2.05, 4.69) is 15.3 Å². The molecule has 0 radical (unpaired) electrons. The third kappa shape index (κ3) is 2.20. The first-order chi connectivity index (χ1) is 9.66. The molecule has 1 N–H and O–H groups in total. The van der Waals surface area contributed by atoms with E-state index in [-0.39, 0.29) is 11.9 Å². The molecule has 1 fully saturated rings. The van der Waals surface area contributed by atoms with E-state index in [0.717, 1.165) is 11.4 Å². The van der Waals surface area contributed by atoms with Crippen molar-refractivity contribution in [3.8, 4) is 0 Å². The number of ether oxygens (including phenoxy) is 1. The Balaban J connectivity index is 1.90. The first-order valence-corrected chi connectivity index (χ1v) is 6.55. The van der Waals surface area contributed by atoms with Gasteiger partial charge < -0.3 is 9.64 Å². The van der Waals surface area contributed by atoms with Gasteiger partial charge >= 0.3 is 0 Å². The Morgan fingerprint density at radius 1 is 1.55 bits per heavy atom. The van der Waals surface area contributed by atoms with Crippen LogP contribution in [0.25, 0.3) is 0 Å². The van der Waals surface area contributed by atoms with Crippen LogP contribution in [0.4, 0.5) is 0 Å². The number of nitrogens with zero attached hydrogens (tertiary/aromatic N) is 4. The molecule has 2 aromatic rings. The van der Waals surface area contributed by atoms with Crippen LogP contribution in [0.5, 0.6) is 0 Å². The zero-order valence-electron chi connectivity index (χ0n) is 11.5. The monoisotopic (exact) mass is 275 g/mol. The van der Waals surface area contributed by atoms with Gasteiger partial charge in [0, 0.05) is 26.0 Å². The van der Waals surface area contributed by atoms with Crippen molar-refractivity contribution in [2.75, 3.05) is 19.8 Å². The van der Waals surface area contributed by atoms with E-state index in [0.29, 0.717) is 25.3 Å². The van der Waals surface area contributed by atoms with E-state index in [4.69, 9.17) is 4.74 Å². The number of carbonyl (C=O) groups is 1. The second kappa shape index (κ2) is 5.09. The third-order valence-electron chi connectivity index (χ3n) is 3.51. The molecule has 1 amide bonds. The lowest BCUT2D eigenvalue weighted by molar-refractivity contribution is -0.00395. The molecule has 0 saturated carbocycles. The van der Waals surface area contributed by atoms with Crippen LogP contribution in [0.15, 0.2) is 18.5 Å². The smallest absolute Gasteiger partial charge is 0.258 e. The summed E-state index contributed by atoms with van der Waals surface area (Å²) in [5.74, 6) is -0.0153. The molecule has 0 aromatic carbocycles. The molecule has 7 heteroatoms. The van der Waals surface area contributed by atoms with Crippen LogP contribution in [0, 0.1) is 6.92 Å². The minimum absolute atomic E-state index is 0.0153. The van der Waals surface area contributed by atoms with Crippen molar-refractivity contribution in [1.29, 1.82) is 0 Å². The van der Waals surface area contributed by atoms with Crippen LogP contribution in [-0.4, -0.2) is 50.5 Å². The summed E-state index contributed by atoms with van der Waals surface area (Å²) >= 11 is 0. The number of H-pyrrole nitrogens is 1. The van der Waals surface area contributed by atoms with Crippen molar-refractivity contribution in [1.82, 2.24) is 24.9 Å². The highest BCUT2D eigenvalue weighted by atomic mass is 16.5. The molecule has 1 atom stereocenters. The van der Waals surface area contributed by atoms with E-state index in [1.807, 2.05) is 24.9 Å². The van der Waals surface area contributed by atoms with Gasteiger partial charge in [0.15, 0.2) is 0 Å². The lowest BCUT2D eigenvalue weighted by atomic mass is 10.1. The summed E-state index contributed by atoms with van der Waals surface area (Å²) in [4.78, 5) is 14.5. The number of hydrogen-bond acceptors (Lipinski definition) is 4. The van der Waals surface area contributed by atoms with Crippen LogP contribution in [-0.2, 0) is 11.8 Å². The molecule has 0 unspecified atom stereocenters. The summed E-state index contributed by atoms with van der Waals surface area (Å²) in [7, 11) is 1.81. The van der Waals surface area contributed by atoms with Crippen molar-refractivity contribution in [3.63, 3.8) is 0 Å². The number of aromatic amines is 1. The van der Waals surface area contributed by atoms with Crippen LogP contribution in [0.2, 0.25) is 0 Å². The molecular formula is C13H17N5O2. The van der Waals surface area contributed by atoms with Gasteiger partial charge in [-0.2, -0.15) is 10.2 Å². The predicted molar refractivity (Wildman–Crippen MR) is 71.1 cm³/mol. The molecule has 3 rings (SSSR count). The van der Waals surface area contributed by atoms with E-state index in [1.54, 1.807) is 17.1 Å². The summed E-state index contributed by atoms with van der Waals surface area (Å²) < 4.78 is 7.16. The van der Waals surface area contributed by atoms with Gasteiger partial charge in [0.05, 0.1) is 36.2 Å². The van der Waals surface area contributed by atoms with Gasteiger partial charge in [-0.3, -0.25) is 14.6 Å². The Morgan fingerprint density at radius 3 is 3.05 bits per heavy atom. The maximum absolute atomic E-state index is 12.7. The largest absolute Gasteiger partial charge is 0.377 e. The molecule has 106 valence electrons. The normalized spacial score (nSPS) is 19.3.